The van der Waals surface area contributed by atoms with Gasteiger partial charge in [0.25, 0.3) is 5.91 Å². The second-order valence-corrected chi connectivity index (χ2v) is 7.25. The van der Waals surface area contributed by atoms with E-state index in [-0.39, 0.29) is 18.3 Å². The van der Waals surface area contributed by atoms with E-state index in [9.17, 15) is 9.18 Å². The summed E-state index contributed by atoms with van der Waals surface area (Å²) in [6.45, 7) is 3.45. The standard InChI is InChI=1S/C20H21BrFN3O2/c1-14(18-8-7-16(22)12-19(18)25-9-2-3-10-25)23-24-20(26)13-27-17-6-4-5-15(21)11-17/h4-8,11-12H,2-3,9-10,13H2,1H3,(H,24,26)/b23-14+. The first kappa shape index (κ1) is 19.4. The fourth-order valence-electron chi connectivity index (χ4n) is 2.97. The highest BCUT2D eigenvalue weighted by molar-refractivity contribution is 9.10. The molecule has 1 heterocycles. The number of nitrogens with one attached hydrogen (secondary N) is 1. The molecule has 27 heavy (non-hydrogen) atoms. The van der Waals surface area contributed by atoms with E-state index in [1.54, 1.807) is 25.1 Å². The first-order chi connectivity index (χ1) is 13.0. The fourth-order valence-corrected chi connectivity index (χ4v) is 3.35. The van der Waals surface area contributed by atoms with Gasteiger partial charge in [0.1, 0.15) is 11.6 Å². The number of nitrogens with zero attached hydrogens (tertiary/aromatic N) is 2. The van der Waals surface area contributed by atoms with Crippen molar-refractivity contribution in [3.63, 3.8) is 0 Å². The summed E-state index contributed by atoms with van der Waals surface area (Å²) in [5.41, 5.74) is 4.74. The normalized spacial score (nSPS) is 14.3. The van der Waals surface area contributed by atoms with Crippen LogP contribution in [0.1, 0.15) is 25.3 Å². The Labute approximate surface area is 166 Å². The molecule has 7 heteroatoms. The Morgan fingerprint density at radius 3 is 2.78 bits per heavy atom. The zero-order valence-corrected chi connectivity index (χ0v) is 16.6. The van der Waals surface area contributed by atoms with E-state index in [1.165, 1.54) is 12.1 Å². The third kappa shape index (κ3) is 5.29. The van der Waals surface area contributed by atoms with Gasteiger partial charge in [0.15, 0.2) is 6.61 Å². The van der Waals surface area contributed by atoms with E-state index in [0.717, 1.165) is 41.7 Å². The van der Waals surface area contributed by atoms with Gasteiger partial charge in [-0.3, -0.25) is 4.79 Å². The Balaban J connectivity index is 1.64. The molecule has 3 rings (SSSR count). The molecule has 142 valence electrons. The molecule has 0 aromatic heterocycles. The van der Waals surface area contributed by atoms with Crippen LogP contribution in [0.5, 0.6) is 5.75 Å². The molecular formula is C20H21BrFN3O2. The zero-order chi connectivity index (χ0) is 19.2. The average molecular weight is 434 g/mol. The van der Waals surface area contributed by atoms with Gasteiger partial charge in [0.2, 0.25) is 0 Å². The quantitative estimate of drug-likeness (QED) is 0.550. The van der Waals surface area contributed by atoms with Crippen molar-refractivity contribution in [3.8, 4) is 5.75 Å². The summed E-state index contributed by atoms with van der Waals surface area (Å²) in [6, 6.07) is 11.9. The Morgan fingerprint density at radius 2 is 2.04 bits per heavy atom. The third-order valence-corrected chi connectivity index (χ3v) is 4.80. The molecule has 2 aromatic rings. The second-order valence-electron chi connectivity index (χ2n) is 6.33. The number of carbonyl (C=O) groups is 1. The van der Waals surface area contributed by atoms with Gasteiger partial charge in [-0.15, -0.1) is 0 Å². The van der Waals surface area contributed by atoms with Crippen molar-refractivity contribution in [3.05, 3.63) is 58.3 Å². The Morgan fingerprint density at radius 1 is 1.26 bits per heavy atom. The van der Waals surface area contributed by atoms with Crippen molar-refractivity contribution in [2.45, 2.75) is 19.8 Å². The summed E-state index contributed by atoms with van der Waals surface area (Å²) < 4.78 is 20.0. The molecule has 2 aromatic carbocycles. The minimum Gasteiger partial charge on any atom is -0.484 e. The van der Waals surface area contributed by atoms with Crippen molar-refractivity contribution in [1.82, 2.24) is 5.43 Å². The monoisotopic (exact) mass is 433 g/mol. The predicted octanol–water partition coefficient (Wildman–Crippen LogP) is 4.11. The van der Waals surface area contributed by atoms with Gasteiger partial charge in [-0.1, -0.05) is 22.0 Å². The highest BCUT2D eigenvalue weighted by Gasteiger charge is 2.18. The maximum absolute atomic E-state index is 13.7. The molecule has 1 N–H and O–H groups in total. The van der Waals surface area contributed by atoms with Crippen LogP contribution >= 0.6 is 15.9 Å². The number of rotatable bonds is 6. The molecule has 0 unspecified atom stereocenters. The van der Waals surface area contributed by atoms with Crippen LogP contribution in [0, 0.1) is 5.82 Å². The molecule has 1 aliphatic rings. The number of amides is 1. The van der Waals surface area contributed by atoms with Crippen LogP contribution in [0.25, 0.3) is 0 Å². The van der Waals surface area contributed by atoms with Gasteiger partial charge in [-0.25, -0.2) is 9.82 Å². The van der Waals surface area contributed by atoms with Crippen LogP contribution in [0.4, 0.5) is 10.1 Å². The van der Waals surface area contributed by atoms with Crippen molar-refractivity contribution in [2.24, 2.45) is 5.10 Å². The van der Waals surface area contributed by atoms with E-state index < -0.39 is 0 Å². The summed E-state index contributed by atoms with van der Waals surface area (Å²) >= 11 is 3.35. The van der Waals surface area contributed by atoms with Crippen molar-refractivity contribution in [2.75, 3.05) is 24.6 Å². The van der Waals surface area contributed by atoms with Crippen molar-refractivity contribution < 1.29 is 13.9 Å². The van der Waals surface area contributed by atoms with Gasteiger partial charge in [0, 0.05) is 28.8 Å². The lowest BCUT2D eigenvalue weighted by Gasteiger charge is -2.21. The summed E-state index contributed by atoms with van der Waals surface area (Å²) in [5, 5.41) is 4.16. The number of anilines is 1. The lowest BCUT2D eigenvalue weighted by atomic mass is 10.1. The maximum atomic E-state index is 13.7. The summed E-state index contributed by atoms with van der Waals surface area (Å²) in [4.78, 5) is 14.2. The minimum absolute atomic E-state index is 0.143. The summed E-state index contributed by atoms with van der Waals surface area (Å²) in [6.07, 6.45) is 2.19. The number of hydrazone groups is 1. The molecule has 0 saturated carbocycles. The molecule has 0 radical (unpaired) electrons. The van der Waals surface area contributed by atoms with E-state index in [4.69, 9.17) is 4.74 Å². The fraction of sp³-hybridized carbons (Fsp3) is 0.300. The van der Waals surface area contributed by atoms with Gasteiger partial charge >= 0.3 is 0 Å². The number of ether oxygens (including phenoxy) is 1. The smallest absolute Gasteiger partial charge is 0.277 e. The zero-order valence-electron chi connectivity index (χ0n) is 15.0. The van der Waals surface area contributed by atoms with Gasteiger partial charge in [-0.2, -0.15) is 5.10 Å². The van der Waals surface area contributed by atoms with Gasteiger partial charge < -0.3 is 9.64 Å². The molecular weight excluding hydrogens is 413 g/mol. The van der Waals surface area contributed by atoms with Crippen LogP contribution in [-0.4, -0.2) is 31.3 Å². The molecule has 5 nitrogen and oxygen atoms in total. The van der Waals surface area contributed by atoms with Crippen LogP contribution in [0.15, 0.2) is 52.0 Å². The predicted molar refractivity (Wildman–Crippen MR) is 108 cm³/mol. The first-order valence-corrected chi connectivity index (χ1v) is 9.58. The molecule has 0 spiro atoms. The van der Waals surface area contributed by atoms with Gasteiger partial charge in [-0.05, 0) is 56.2 Å². The molecule has 1 saturated heterocycles. The molecule has 0 bridgehead atoms. The summed E-state index contributed by atoms with van der Waals surface area (Å²) in [7, 11) is 0. The van der Waals surface area contributed by atoms with E-state index in [0.29, 0.717) is 11.5 Å². The first-order valence-electron chi connectivity index (χ1n) is 8.79. The molecule has 1 fully saturated rings. The van der Waals surface area contributed by atoms with Gasteiger partial charge in [0.05, 0.1) is 5.71 Å². The highest BCUT2D eigenvalue weighted by atomic mass is 79.9. The third-order valence-electron chi connectivity index (χ3n) is 4.31. The van der Waals surface area contributed by atoms with Crippen LogP contribution in [0.2, 0.25) is 0 Å². The number of halogens is 2. The lowest BCUT2D eigenvalue weighted by Crippen LogP contribution is -2.26. The summed E-state index contributed by atoms with van der Waals surface area (Å²) in [5.74, 6) is -0.0471. The van der Waals surface area contributed by atoms with Crippen molar-refractivity contribution >= 4 is 33.2 Å². The Hall–Kier alpha value is -2.41. The minimum atomic E-state index is -0.362. The molecule has 0 atom stereocenters. The largest absolute Gasteiger partial charge is 0.484 e. The van der Waals surface area contributed by atoms with Crippen molar-refractivity contribution in [1.29, 1.82) is 0 Å². The molecule has 1 amide bonds. The number of hydrogen-bond donors (Lipinski definition) is 1. The van der Waals surface area contributed by atoms with E-state index in [2.05, 4.69) is 31.4 Å². The van der Waals surface area contributed by atoms with Crippen LogP contribution in [0.3, 0.4) is 0 Å². The molecule has 0 aliphatic carbocycles. The second kappa shape index (κ2) is 8.99. The molecule has 1 aliphatic heterocycles. The maximum Gasteiger partial charge on any atom is 0.277 e. The lowest BCUT2D eigenvalue weighted by molar-refractivity contribution is -0.123. The van der Waals surface area contributed by atoms with Crippen LogP contribution < -0.4 is 15.1 Å². The average Bonchev–Trinajstić information content (AvgIpc) is 3.19. The SMILES string of the molecule is C/C(=N\NC(=O)COc1cccc(Br)c1)c1ccc(F)cc1N1CCCC1. The van der Waals surface area contributed by atoms with Crippen LogP contribution in [-0.2, 0) is 4.79 Å². The highest BCUT2D eigenvalue weighted by Crippen LogP contribution is 2.26. The van der Waals surface area contributed by atoms with E-state index in [1.807, 2.05) is 12.1 Å². The topological polar surface area (TPSA) is 53.9 Å². The number of hydrogen-bond acceptors (Lipinski definition) is 4. The van der Waals surface area contributed by atoms with E-state index >= 15 is 0 Å². The number of carbonyl (C=O) groups excluding carboxylic acids is 1. The Bertz CT molecular complexity index is 851. The number of benzene rings is 2. The Kier molecular flexibility index (Phi) is 6.45.